The van der Waals surface area contributed by atoms with Gasteiger partial charge >= 0.3 is 0 Å². The molecule has 2 N–H and O–H groups in total. The molecule has 1 aromatic carbocycles. The van der Waals surface area contributed by atoms with E-state index in [9.17, 15) is 9.59 Å². The van der Waals surface area contributed by atoms with E-state index in [1.54, 1.807) is 6.07 Å². The number of nitrogens with one attached hydrogen (secondary N) is 2. The van der Waals surface area contributed by atoms with Crippen molar-refractivity contribution >= 4 is 43.7 Å². The van der Waals surface area contributed by atoms with Gasteiger partial charge in [-0.2, -0.15) is 0 Å². The molecule has 19 heavy (non-hydrogen) atoms. The predicted octanol–water partition coefficient (Wildman–Crippen LogP) is 2.47. The van der Waals surface area contributed by atoms with E-state index in [0.717, 1.165) is 21.8 Å². The van der Waals surface area contributed by atoms with Gasteiger partial charge in [0.2, 0.25) is 5.91 Å². The summed E-state index contributed by atoms with van der Waals surface area (Å²) in [5.74, 6) is 0.140. The fraction of sp³-hybridized carbons (Fsp3) is 0.385. The molecule has 0 unspecified atom stereocenters. The highest BCUT2D eigenvalue weighted by Crippen LogP contribution is 2.28. The van der Waals surface area contributed by atoms with Crippen molar-refractivity contribution in [2.75, 3.05) is 13.1 Å². The summed E-state index contributed by atoms with van der Waals surface area (Å²) in [6.45, 7) is 0.892. The van der Waals surface area contributed by atoms with Gasteiger partial charge in [0.25, 0.3) is 5.91 Å². The van der Waals surface area contributed by atoms with Gasteiger partial charge in [-0.25, -0.2) is 0 Å². The van der Waals surface area contributed by atoms with Gasteiger partial charge in [-0.15, -0.1) is 0 Å². The Hall–Kier alpha value is -0.880. The van der Waals surface area contributed by atoms with Crippen molar-refractivity contribution in [3.63, 3.8) is 0 Å². The third-order valence-corrected chi connectivity index (χ3v) is 4.02. The number of carbonyl (C=O) groups is 2. The molecule has 0 aliphatic heterocycles. The predicted molar refractivity (Wildman–Crippen MR) is 79.9 cm³/mol. The lowest BCUT2D eigenvalue weighted by Crippen LogP contribution is -2.35. The molecular weight excluding hydrogens is 376 g/mol. The van der Waals surface area contributed by atoms with E-state index in [0.29, 0.717) is 18.7 Å². The maximum Gasteiger partial charge on any atom is 0.252 e. The van der Waals surface area contributed by atoms with E-state index < -0.39 is 0 Å². The third-order valence-electron chi connectivity index (χ3n) is 2.83. The van der Waals surface area contributed by atoms with Gasteiger partial charge in [-0.05, 0) is 47.0 Å². The van der Waals surface area contributed by atoms with Crippen LogP contribution in [0.25, 0.3) is 0 Å². The summed E-state index contributed by atoms with van der Waals surface area (Å²) in [4.78, 5) is 23.3. The third kappa shape index (κ3) is 4.31. The molecule has 0 radical (unpaired) electrons. The molecule has 1 aromatic rings. The highest BCUT2D eigenvalue weighted by molar-refractivity contribution is 9.11. The lowest BCUT2D eigenvalue weighted by Gasteiger charge is -2.08. The van der Waals surface area contributed by atoms with Crippen LogP contribution in [-0.2, 0) is 4.79 Å². The van der Waals surface area contributed by atoms with Crippen LogP contribution in [0.15, 0.2) is 27.1 Å². The average Bonchev–Trinajstić information content (AvgIpc) is 3.21. The molecule has 2 rings (SSSR count). The SMILES string of the molecule is O=C(NCCNC(=O)C1CC1)c1cc(Br)ccc1Br. The summed E-state index contributed by atoms with van der Waals surface area (Å²) in [6.07, 6.45) is 1.98. The fourth-order valence-corrected chi connectivity index (χ4v) is 2.41. The first-order chi connectivity index (χ1) is 9.08. The van der Waals surface area contributed by atoms with Gasteiger partial charge in [0, 0.05) is 28.0 Å². The summed E-state index contributed by atoms with van der Waals surface area (Å²) in [7, 11) is 0. The number of carbonyl (C=O) groups excluding carboxylic acids is 2. The molecule has 0 saturated heterocycles. The Bertz CT molecular complexity index is 501. The van der Waals surface area contributed by atoms with Crippen molar-refractivity contribution < 1.29 is 9.59 Å². The lowest BCUT2D eigenvalue weighted by molar-refractivity contribution is -0.122. The van der Waals surface area contributed by atoms with Crippen LogP contribution >= 0.6 is 31.9 Å². The van der Waals surface area contributed by atoms with Gasteiger partial charge in [-0.3, -0.25) is 9.59 Å². The van der Waals surface area contributed by atoms with Crippen LogP contribution in [0.2, 0.25) is 0 Å². The molecule has 102 valence electrons. The molecule has 0 atom stereocenters. The van der Waals surface area contributed by atoms with E-state index >= 15 is 0 Å². The van der Waals surface area contributed by atoms with Crippen LogP contribution in [0.4, 0.5) is 0 Å². The molecule has 1 aliphatic carbocycles. The first-order valence-corrected chi connectivity index (χ1v) is 7.67. The Morgan fingerprint density at radius 2 is 1.84 bits per heavy atom. The molecule has 1 fully saturated rings. The number of hydrogen-bond donors (Lipinski definition) is 2. The van der Waals surface area contributed by atoms with Crippen molar-refractivity contribution in [3.8, 4) is 0 Å². The summed E-state index contributed by atoms with van der Waals surface area (Å²) in [6, 6.07) is 5.42. The fourth-order valence-electron chi connectivity index (χ4n) is 1.62. The lowest BCUT2D eigenvalue weighted by atomic mass is 10.2. The summed E-state index contributed by atoms with van der Waals surface area (Å²) in [5.41, 5.74) is 0.572. The van der Waals surface area contributed by atoms with Crippen LogP contribution in [-0.4, -0.2) is 24.9 Å². The van der Waals surface area contributed by atoms with Crippen molar-refractivity contribution in [3.05, 3.63) is 32.7 Å². The number of rotatable bonds is 5. The van der Waals surface area contributed by atoms with Crippen molar-refractivity contribution in [1.29, 1.82) is 0 Å². The van der Waals surface area contributed by atoms with E-state index in [4.69, 9.17) is 0 Å². The van der Waals surface area contributed by atoms with Crippen LogP contribution in [0.1, 0.15) is 23.2 Å². The Balaban J connectivity index is 1.77. The van der Waals surface area contributed by atoms with Crippen molar-refractivity contribution in [1.82, 2.24) is 10.6 Å². The zero-order chi connectivity index (χ0) is 13.8. The highest BCUT2D eigenvalue weighted by Gasteiger charge is 2.28. The number of benzene rings is 1. The monoisotopic (exact) mass is 388 g/mol. The maximum atomic E-state index is 11.9. The minimum absolute atomic E-state index is 0.0953. The molecule has 6 heteroatoms. The Labute approximate surface area is 128 Å². The zero-order valence-electron chi connectivity index (χ0n) is 10.2. The van der Waals surface area contributed by atoms with Crippen LogP contribution in [0.5, 0.6) is 0 Å². The van der Waals surface area contributed by atoms with Crippen LogP contribution in [0.3, 0.4) is 0 Å². The normalized spacial score (nSPS) is 14.0. The van der Waals surface area contributed by atoms with E-state index in [2.05, 4.69) is 42.5 Å². The quantitative estimate of drug-likeness (QED) is 0.760. The molecule has 0 heterocycles. The highest BCUT2D eigenvalue weighted by atomic mass is 79.9. The molecule has 1 saturated carbocycles. The summed E-state index contributed by atoms with van der Waals surface area (Å²) < 4.78 is 1.60. The van der Waals surface area contributed by atoms with Crippen molar-refractivity contribution in [2.24, 2.45) is 5.92 Å². The Morgan fingerprint density at radius 1 is 1.16 bits per heavy atom. The van der Waals surface area contributed by atoms with E-state index in [1.807, 2.05) is 12.1 Å². The van der Waals surface area contributed by atoms with Gasteiger partial charge in [0.05, 0.1) is 5.56 Å². The van der Waals surface area contributed by atoms with Gasteiger partial charge in [0.1, 0.15) is 0 Å². The van der Waals surface area contributed by atoms with E-state index in [-0.39, 0.29) is 17.7 Å². The van der Waals surface area contributed by atoms with Crippen molar-refractivity contribution in [2.45, 2.75) is 12.8 Å². The molecule has 4 nitrogen and oxygen atoms in total. The molecule has 2 amide bonds. The van der Waals surface area contributed by atoms with Crippen LogP contribution < -0.4 is 10.6 Å². The first-order valence-electron chi connectivity index (χ1n) is 6.09. The number of halogens is 2. The maximum absolute atomic E-state index is 11.9. The van der Waals surface area contributed by atoms with Gasteiger partial charge < -0.3 is 10.6 Å². The average molecular weight is 390 g/mol. The topological polar surface area (TPSA) is 58.2 Å². The second kappa shape index (κ2) is 6.52. The summed E-state index contributed by atoms with van der Waals surface area (Å²) >= 11 is 6.67. The minimum Gasteiger partial charge on any atom is -0.354 e. The minimum atomic E-state index is -0.158. The summed E-state index contributed by atoms with van der Waals surface area (Å²) in [5, 5.41) is 5.58. The van der Waals surface area contributed by atoms with Gasteiger partial charge in [-0.1, -0.05) is 15.9 Å². The molecular formula is C13H14Br2N2O2. The zero-order valence-corrected chi connectivity index (χ0v) is 13.4. The standard InChI is InChI=1S/C13H14Br2N2O2/c14-9-3-4-11(15)10(7-9)13(19)17-6-5-16-12(18)8-1-2-8/h3-4,7-8H,1-2,5-6H2,(H,16,18)(H,17,19). The first kappa shape index (κ1) is 14.5. The smallest absolute Gasteiger partial charge is 0.252 e. The Morgan fingerprint density at radius 3 is 2.53 bits per heavy atom. The largest absolute Gasteiger partial charge is 0.354 e. The number of hydrogen-bond acceptors (Lipinski definition) is 2. The van der Waals surface area contributed by atoms with Gasteiger partial charge in [0.15, 0.2) is 0 Å². The second-order valence-electron chi connectivity index (χ2n) is 4.45. The van der Waals surface area contributed by atoms with Crippen LogP contribution in [0, 0.1) is 5.92 Å². The second-order valence-corrected chi connectivity index (χ2v) is 6.22. The van der Waals surface area contributed by atoms with E-state index in [1.165, 1.54) is 0 Å². The molecule has 0 bridgehead atoms. The Kier molecular flexibility index (Phi) is 4.99. The number of amides is 2. The molecule has 0 spiro atoms. The molecule has 0 aromatic heterocycles. The molecule has 1 aliphatic rings.